The van der Waals surface area contributed by atoms with E-state index < -0.39 is 16.4 Å². The van der Waals surface area contributed by atoms with Gasteiger partial charge in [0, 0.05) is 0 Å². The number of benzene rings is 1. The predicted molar refractivity (Wildman–Crippen MR) is 48.9 cm³/mol. The van der Waals surface area contributed by atoms with Gasteiger partial charge in [-0.15, -0.1) is 0 Å². The Morgan fingerprint density at radius 3 is 2.80 bits per heavy atom. The van der Waals surface area contributed by atoms with Gasteiger partial charge in [-0.3, -0.25) is 10.1 Å². The molecule has 0 spiro atoms. The third-order valence-electron chi connectivity index (χ3n) is 1.64. The summed E-state index contributed by atoms with van der Waals surface area (Å²) in [5.74, 6) is -1.02. The van der Waals surface area contributed by atoms with Crippen molar-refractivity contribution in [1.29, 1.82) is 5.26 Å². The maximum absolute atomic E-state index is 12.9. The molecular formula is C9H7FN2O3. The molecule has 0 fully saturated rings. The third kappa shape index (κ3) is 2.20. The first-order valence-corrected chi connectivity index (χ1v) is 4.11. The van der Waals surface area contributed by atoms with Crippen LogP contribution in [0.5, 0.6) is 5.75 Å². The molecule has 0 saturated carbocycles. The lowest BCUT2D eigenvalue weighted by Crippen LogP contribution is -2.00. The molecule has 15 heavy (non-hydrogen) atoms. The Hall–Kier alpha value is -2.16. The van der Waals surface area contributed by atoms with E-state index in [-0.39, 0.29) is 17.9 Å². The summed E-state index contributed by atoms with van der Waals surface area (Å²) >= 11 is 0. The SMILES string of the molecule is CCOc1c(C#N)cc(F)cc1[N+](=O)[O-]. The van der Waals surface area contributed by atoms with E-state index in [9.17, 15) is 14.5 Å². The van der Waals surface area contributed by atoms with Gasteiger partial charge >= 0.3 is 5.69 Å². The average Bonchev–Trinajstić information content (AvgIpc) is 2.19. The molecule has 0 atom stereocenters. The van der Waals surface area contributed by atoms with Crippen molar-refractivity contribution in [2.75, 3.05) is 6.61 Å². The molecule has 6 heteroatoms. The third-order valence-corrected chi connectivity index (χ3v) is 1.64. The van der Waals surface area contributed by atoms with Gasteiger partial charge in [0.05, 0.1) is 17.6 Å². The van der Waals surface area contributed by atoms with Crippen molar-refractivity contribution < 1.29 is 14.1 Å². The fraction of sp³-hybridized carbons (Fsp3) is 0.222. The molecule has 0 N–H and O–H groups in total. The molecule has 0 saturated heterocycles. The number of hydrogen-bond donors (Lipinski definition) is 0. The molecule has 1 aromatic rings. The minimum absolute atomic E-state index is 0.168. The summed E-state index contributed by atoms with van der Waals surface area (Å²) in [4.78, 5) is 9.78. The molecule has 0 aliphatic heterocycles. The highest BCUT2D eigenvalue weighted by molar-refractivity contribution is 5.56. The number of nitro groups is 1. The lowest BCUT2D eigenvalue weighted by atomic mass is 10.2. The zero-order valence-corrected chi connectivity index (χ0v) is 7.86. The number of rotatable bonds is 3. The largest absolute Gasteiger partial charge is 0.486 e. The van der Waals surface area contributed by atoms with Gasteiger partial charge in [0.2, 0.25) is 5.75 Å². The Labute approximate surface area is 84.9 Å². The van der Waals surface area contributed by atoms with Gasteiger partial charge < -0.3 is 4.74 Å². The molecule has 0 bridgehead atoms. The Bertz CT molecular complexity index is 440. The summed E-state index contributed by atoms with van der Waals surface area (Å²) < 4.78 is 17.8. The first kappa shape index (κ1) is 10.9. The van der Waals surface area contributed by atoms with E-state index in [2.05, 4.69) is 0 Å². The summed E-state index contributed by atoms with van der Waals surface area (Å²) in [6.07, 6.45) is 0. The first-order chi connectivity index (χ1) is 7.10. The first-order valence-electron chi connectivity index (χ1n) is 4.11. The molecule has 0 radical (unpaired) electrons. The molecule has 1 aromatic carbocycles. The summed E-state index contributed by atoms with van der Waals surface area (Å²) in [5, 5.41) is 19.2. The molecule has 0 aromatic heterocycles. The van der Waals surface area contributed by atoms with Crippen LogP contribution in [0.25, 0.3) is 0 Å². The molecule has 0 aliphatic rings. The van der Waals surface area contributed by atoms with Crippen molar-refractivity contribution in [3.8, 4) is 11.8 Å². The van der Waals surface area contributed by atoms with E-state index in [0.29, 0.717) is 0 Å². The fourth-order valence-corrected chi connectivity index (χ4v) is 1.09. The molecule has 5 nitrogen and oxygen atoms in total. The van der Waals surface area contributed by atoms with Crippen molar-refractivity contribution in [1.82, 2.24) is 0 Å². The number of nitrogens with zero attached hydrogens (tertiary/aromatic N) is 2. The van der Waals surface area contributed by atoms with Crippen LogP contribution in [0.1, 0.15) is 12.5 Å². The van der Waals surface area contributed by atoms with Crippen molar-refractivity contribution in [2.45, 2.75) is 6.92 Å². The van der Waals surface area contributed by atoms with E-state index in [4.69, 9.17) is 10.00 Å². The zero-order chi connectivity index (χ0) is 11.4. The topological polar surface area (TPSA) is 76.2 Å². The minimum Gasteiger partial charge on any atom is -0.486 e. The van der Waals surface area contributed by atoms with Gasteiger partial charge in [-0.25, -0.2) is 4.39 Å². The maximum atomic E-state index is 12.9. The number of halogens is 1. The van der Waals surface area contributed by atoms with Crippen LogP contribution >= 0.6 is 0 Å². The van der Waals surface area contributed by atoms with Gasteiger partial charge in [-0.2, -0.15) is 5.26 Å². The van der Waals surface area contributed by atoms with E-state index in [1.165, 1.54) is 0 Å². The van der Waals surface area contributed by atoms with Crippen LogP contribution in [-0.2, 0) is 0 Å². The number of ether oxygens (including phenoxy) is 1. The van der Waals surface area contributed by atoms with Crippen LogP contribution in [0.4, 0.5) is 10.1 Å². The highest BCUT2D eigenvalue weighted by atomic mass is 19.1. The van der Waals surface area contributed by atoms with E-state index >= 15 is 0 Å². The average molecular weight is 210 g/mol. The summed E-state index contributed by atoms with van der Waals surface area (Å²) in [5.41, 5.74) is -0.711. The van der Waals surface area contributed by atoms with Crippen LogP contribution in [-0.4, -0.2) is 11.5 Å². The van der Waals surface area contributed by atoms with Crippen LogP contribution in [0.2, 0.25) is 0 Å². The molecule has 0 heterocycles. The Kier molecular flexibility index (Phi) is 3.18. The van der Waals surface area contributed by atoms with E-state index in [1.54, 1.807) is 13.0 Å². The molecule has 0 aliphatic carbocycles. The van der Waals surface area contributed by atoms with Gasteiger partial charge in [-0.05, 0) is 13.0 Å². The van der Waals surface area contributed by atoms with Crippen molar-refractivity contribution in [3.05, 3.63) is 33.6 Å². The summed E-state index contributed by atoms with van der Waals surface area (Å²) in [6.45, 7) is 1.79. The van der Waals surface area contributed by atoms with E-state index in [1.807, 2.05) is 0 Å². The minimum atomic E-state index is -0.832. The second kappa shape index (κ2) is 4.37. The smallest absolute Gasteiger partial charge is 0.315 e. The van der Waals surface area contributed by atoms with Crippen LogP contribution in [0, 0.1) is 27.3 Å². The lowest BCUT2D eigenvalue weighted by molar-refractivity contribution is -0.386. The quantitative estimate of drug-likeness (QED) is 0.564. The molecule has 1 rings (SSSR count). The van der Waals surface area contributed by atoms with Crippen LogP contribution in [0.3, 0.4) is 0 Å². The lowest BCUT2D eigenvalue weighted by Gasteiger charge is -2.05. The summed E-state index contributed by atoms with van der Waals surface area (Å²) in [7, 11) is 0. The molecular weight excluding hydrogens is 203 g/mol. The van der Waals surface area contributed by atoms with Crippen molar-refractivity contribution >= 4 is 5.69 Å². The van der Waals surface area contributed by atoms with E-state index in [0.717, 1.165) is 12.1 Å². The fourth-order valence-electron chi connectivity index (χ4n) is 1.09. The second-order valence-electron chi connectivity index (χ2n) is 2.60. The summed E-state index contributed by atoms with van der Waals surface area (Å²) in [6, 6.07) is 3.28. The van der Waals surface area contributed by atoms with Gasteiger partial charge in [0.25, 0.3) is 0 Å². The number of nitriles is 1. The van der Waals surface area contributed by atoms with Crippen LogP contribution < -0.4 is 4.74 Å². The van der Waals surface area contributed by atoms with Gasteiger partial charge in [0.15, 0.2) is 0 Å². The molecule has 78 valence electrons. The van der Waals surface area contributed by atoms with Crippen LogP contribution in [0.15, 0.2) is 12.1 Å². The van der Waals surface area contributed by atoms with Crippen molar-refractivity contribution in [2.24, 2.45) is 0 Å². The standard InChI is InChI=1S/C9H7FN2O3/c1-2-15-9-6(5-11)3-7(10)4-8(9)12(13)14/h3-4H,2H2,1H3. The van der Waals surface area contributed by atoms with Gasteiger partial charge in [0.1, 0.15) is 17.4 Å². The number of hydrogen-bond acceptors (Lipinski definition) is 4. The normalized spacial score (nSPS) is 9.40. The highest BCUT2D eigenvalue weighted by Gasteiger charge is 2.21. The Morgan fingerprint density at radius 2 is 2.33 bits per heavy atom. The predicted octanol–water partition coefficient (Wildman–Crippen LogP) is 2.00. The Balaban J connectivity index is 3.41. The highest BCUT2D eigenvalue weighted by Crippen LogP contribution is 2.31. The Morgan fingerprint density at radius 1 is 1.67 bits per heavy atom. The zero-order valence-electron chi connectivity index (χ0n) is 7.86. The second-order valence-corrected chi connectivity index (χ2v) is 2.60. The van der Waals surface area contributed by atoms with Crippen molar-refractivity contribution in [3.63, 3.8) is 0 Å². The monoisotopic (exact) mass is 210 g/mol. The molecule has 0 amide bonds. The maximum Gasteiger partial charge on any atom is 0.315 e. The van der Waals surface area contributed by atoms with Gasteiger partial charge in [-0.1, -0.05) is 0 Å². The number of nitro benzene ring substituents is 1. The molecule has 0 unspecified atom stereocenters.